The van der Waals surface area contributed by atoms with Gasteiger partial charge in [-0.15, -0.1) is 16.7 Å². The Kier molecular flexibility index (Phi) is 3.62. The number of rotatable bonds is 2. The van der Waals surface area contributed by atoms with E-state index >= 15 is 0 Å². The second-order valence-corrected chi connectivity index (χ2v) is 5.82. The van der Waals surface area contributed by atoms with Crippen LogP contribution in [-0.2, 0) is 7.05 Å². The predicted molar refractivity (Wildman–Crippen MR) is 75.4 cm³/mol. The van der Waals surface area contributed by atoms with Gasteiger partial charge in [-0.05, 0) is 25.7 Å². The largest absolute Gasteiger partial charge is 0.352 e. The molecule has 0 spiro atoms. The molecule has 1 saturated carbocycles. The summed E-state index contributed by atoms with van der Waals surface area (Å²) in [6, 6.07) is 0.0868. The van der Waals surface area contributed by atoms with Crippen LogP contribution < -0.4 is 11.0 Å². The van der Waals surface area contributed by atoms with Crippen molar-refractivity contribution < 1.29 is 4.79 Å². The molecule has 0 aliphatic heterocycles. The SMILES string of the molecule is Cn1nnc2c(C(=O)NC3CCC(Cl)CC3)ncn2c1=O. The van der Waals surface area contributed by atoms with Crippen molar-refractivity contribution in [3.8, 4) is 0 Å². The van der Waals surface area contributed by atoms with Crippen LogP contribution in [-0.4, -0.2) is 41.7 Å². The van der Waals surface area contributed by atoms with Gasteiger partial charge in [-0.25, -0.2) is 14.2 Å². The molecule has 0 unspecified atom stereocenters. The molecular weight excluding hydrogens is 296 g/mol. The van der Waals surface area contributed by atoms with Gasteiger partial charge in [0.2, 0.25) is 0 Å². The predicted octanol–water partition coefficient (Wildman–Crippen LogP) is 0.103. The van der Waals surface area contributed by atoms with Crippen molar-refractivity contribution in [2.24, 2.45) is 7.05 Å². The molecule has 1 fully saturated rings. The van der Waals surface area contributed by atoms with Crippen LogP contribution in [0.5, 0.6) is 0 Å². The number of aryl methyl sites for hydroxylation is 1. The maximum absolute atomic E-state index is 12.3. The van der Waals surface area contributed by atoms with Crippen molar-refractivity contribution in [1.29, 1.82) is 0 Å². The molecule has 1 amide bonds. The van der Waals surface area contributed by atoms with Gasteiger partial charge in [0, 0.05) is 18.5 Å². The summed E-state index contributed by atoms with van der Waals surface area (Å²) in [6.07, 6.45) is 4.75. The number of hydrogen-bond donors (Lipinski definition) is 1. The molecule has 0 bridgehead atoms. The first-order valence-electron chi connectivity index (χ1n) is 6.78. The Morgan fingerprint density at radius 2 is 2.10 bits per heavy atom. The van der Waals surface area contributed by atoms with E-state index in [-0.39, 0.29) is 28.7 Å². The fourth-order valence-corrected chi connectivity index (χ4v) is 2.74. The number of aromatic nitrogens is 5. The van der Waals surface area contributed by atoms with Crippen LogP contribution in [0.15, 0.2) is 11.1 Å². The quantitative estimate of drug-likeness (QED) is 0.794. The van der Waals surface area contributed by atoms with Crippen molar-refractivity contribution >= 4 is 23.2 Å². The van der Waals surface area contributed by atoms with E-state index in [0.717, 1.165) is 30.4 Å². The minimum absolute atomic E-state index is 0.0868. The van der Waals surface area contributed by atoms with Crippen molar-refractivity contribution in [3.05, 3.63) is 22.5 Å². The van der Waals surface area contributed by atoms with Crippen LogP contribution in [0.3, 0.4) is 0 Å². The van der Waals surface area contributed by atoms with E-state index in [9.17, 15) is 9.59 Å². The second-order valence-electron chi connectivity index (χ2n) is 5.20. The molecule has 2 heterocycles. The molecule has 9 heteroatoms. The summed E-state index contributed by atoms with van der Waals surface area (Å²) in [6.45, 7) is 0. The Hall–Kier alpha value is -1.96. The molecule has 1 aliphatic rings. The fourth-order valence-electron chi connectivity index (χ4n) is 2.49. The zero-order chi connectivity index (χ0) is 15.0. The third-order valence-electron chi connectivity index (χ3n) is 3.71. The first-order chi connectivity index (χ1) is 10.1. The average Bonchev–Trinajstić information content (AvgIpc) is 2.90. The summed E-state index contributed by atoms with van der Waals surface area (Å²) in [7, 11) is 1.49. The minimum atomic E-state index is -0.394. The van der Waals surface area contributed by atoms with Crippen molar-refractivity contribution in [1.82, 2.24) is 29.7 Å². The molecule has 1 aliphatic carbocycles. The van der Waals surface area contributed by atoms with Gasteiger partial charge in [0.1, 0.15) is 6.33 Å². The monoisotopic (exact) mass is 310 g/mol. The summed E-state index contributed by atoms with van der Waals surface area (Å²) < 4.78 is 2.29. The lowest BCUT2D eigenvalue weighted by molar-refractivity contribution is 0.0925. The molecule has 21 heavy (non-hydrogen) atoms. The number of nitrogens with one attached hydrogen (secondary N) is 1. The molecule has 3 rings (SSSR count). The lowest BCUT2D eigenvalue weighted by Crippen LogP contribution is -2.38. The van der Waals surface area contributed by atoms with Crippen LogP contribution in [0.1, 0.15) is 36.2 Å². The van der Waals surface area contributed by atoms with E-state index < -0.39 is 5.69 Å². The molecule has 112 valence electrons. The smallest absolute Gasteiger partial charge is 0.348 e. The van der Waals surface area contributed by atoms with Crippen LogP contribution in [0.25, 0.3) is 5.65 Å². The van der Waals surface area contributed by atoms with Gasteiger partial charge in [0.25, 0.3) is 5.91 Å². The van der Waals surface area contributed by atoms with Gasteiger partial charge in [-0.3, -0.25) is 4.79 Å². The zero-order valence-corrected chi connectivity index (χ0v) is 12.2. The average molecular weight is 311 g/mol. The van der Waals surface area contributed by atoms with Crippen molar-refractivity contribution in [2.75, 3.05) is 0 Å². The number of alkyl halides is 1. The number of amides is 1. The van der Waals surface area contributed by atoms with Crippen LogP contribution in [0.2, 0.25) is 0 Å². The highest BCUT2D eigenvalue weighted by Gasteiger charge is 2.24. The van der Waals surface area contributed by atoms with Gasteiger partial charge < -0.3 is 5.32 Å². The first-order valence-corrected chi connectivity index (χ1v) is 7.22. The zero-order valence-electron chi connectivity index (χ0n) is 11.5. The maximum atomic E-state index is 12.3. The Bertz CT molecular complexity index is 731. The second kappa shape index (κ2) is 5.44. The fraction of sp³-hybridized carbons (Fsp3) is 0.583. The van der Waals surface area contributed by atoms with E-state index in [1.165, 1.54) is 17.8 Å². The van der Waals surface area contributed by atoms with Crippen molar-refractivity contribution in [3.63, 3.8) is 0 Å². The van der Waals surface area contributed by atoms with E-state index in [2.05, 4.69) is 20.6 Å². The molecular formula is C12H15ClN6O2. The molecule has 2 aromatic heterocycles. The normalized spacial score (nSPS) is 22.4. The van der Waals surface area contributed by atoms with E-state index in [1.807, 2.05) is 0 Å². The number of halogens is 1. The summed E-state index contributed by atoms with van der Waals surface area (Å²) in [4.78, 5) is 28.1. The summed E-state index contributed by atoms with van der Waals surface area (Å²) in [5.41, 5.74) is -0.107. The molecule has 0 saturated heterocycles. The van der Waals surface area contributed by atoms with E-state index in [4.69, 9.17) is 11.6 Å². The molecule has 2 aromatic rings. The maximum Gasteiger partial charge on any atom is 0.352 e. The van der Waals surface area contributed by atoms with Gasteiger partial charge >= 0.3 is 5.69 Å². The number of carbonyl (C=O) groups excluding carboxylic acids is 1. The Morgan fingerprint density at radius 1 is 1.38 bits per heavy atom. The highest BCUT2D eigenvalue weighted by molar-refractivity contribution is 6.20. The van der Waals surface area contributed by atoms with Gasteiger partial charge in [0.15, 0.2) is 11.3 Å². The topological polar surface area (TPSA) is 94.2 Å². The molecule has 1 N–H and O–H groups in total. The number of imidazole rings is 1. The van der Waals surface area contributed by atoms with Crippen LogP contribution in [0.4, 0.5) is 0 Å². The summed E-state index contributed by atoms with van der Waals surface area (Å²) in [5, 5.41) is 10.6. The number of fused-ring (bicyclic) bond motifs is 1. The third-order valence-corrected chi connectivity index (χ3v) is 4.14. The van der Waals surface area contributed by atoms with Crippen LogP contribution >= 0.6 is 11.6 Å². The van der Waals surface area contributed by atoms with Gasteiger partial charge in [0.05, 0.1) is 0 Å². The highest BCUT2D eigenvalue weighted by atomic mass is 35.5. The third kappa shape index (κ3) is 2.63. The molecule has 0 atom stereocenters. The Labute approximate surface area is 125 Å². The van der Waals surface area contributed by atoms with Crippen molar-refractivity contribution in [2.45, 2.75) is 37.1 Å². The van der Waals surface area contributed by atoms with Gasteiger partial charge in [-0.1, -0.05) is 5.21 Å². The lowest BCUT2D eigenvalue weighted by atomic mass is 9.95. The van der Waals surface area contributed by atoms with E-state index in [1.54, 1.807) is 0 Å². The number of carbonyl (C=O) groups is 1. The Morgan fingerprint density at radius 3 is 2.81 bits per heavy atom. The molecule has 0 radical (unpaired) electrons. The minimum Gasteiger partial charge on any atom is -0.348 e. The summed E-state index contributed by atoms with van der Waals surface area (Å²) in [5.74, 6) is -0.335. The standard InChI is InChI=1S/C12H15ClN6O2/c1-18-12(21)19-6-14-9(10(19)16-17-18)11(20)15-8-4-2-7(13)3-5-8/h6-8H,2-5H2,1H3,(H,15,20). The first kappa shape index (κ1) is 14.0. The lowest BCUT2D eigenvalue weighted by Gasteiger charge is -2.25. The van der Waals surface area contributed by atoms with E-state index in [0.29, 0.717) is 0 Å². The highest BCUT2D eigenvalue weighted by Crippen LogP contribution is 2.23. The van der Waals surface area contributed by atoms with Gasteiger partial charge in [-0.2, -0.15) is 4.68 Å². The number of hydrogen-bond acceptors (Lipinski definition) is 5. The Balaban J connectivity index is 1.82. The summed E-state index contributed by atoms with van der Waals surface area (Å²) >= 11 is 6.04. The van der Waals surface area contributed by atoms with Crippen LogP contribution in [0, 0.1) is 0 Å². The molecule has 8 nitrogen and oxygen atoms in total. The number of nitrogens with zero attached hydrogens (tertiary/aromatic N) is 5. The molecule has 0 aromatic carbocycles.